The molecule has 0 aliphatic heterocycles. The van der Waals surface area contributed by atoms with Gasteiger partial charge < -0.3 is 9.88 Å². The summed E-state index contributed by atoms with van der Waals surface area (Å²) in [7, 11) is 2.09. The second kappa shape index (κ2) is 4.79. The number of imidazole rings is 1. The third-order valence-corrected chi connectivity index (χ3v) is 3.44. The van der Waals surface area contributed by atoms with Crippen molar-refractivity contribution in [1.82, 2.24) is 14.9 Å². The largest absolute Gasteiger partial charge is 0.338 e. The SMILES string of the molecule is CCCNCC1CCC1c1nccn1C. The third kappa shape index (κ3) is 2.23. The molecule has 1 fully saturated rings. The number of aromatic nitrogens is 2. The summed E-state index contributed by atoms with van der Waals surface area (Å²) in [6.45, 7) is 4.51. The Labute approximate surface area is 91.9 Å². The van der Waals surface area contributed by atoms with E-state index in [1.807, 2.05) is 12.4 Å². The van der Waals surface area contributed by atoms with E-state index in [1.54, 1.807) is 0 Å². The summed E-state index contributed by atoms with van der Waals surface area (Å²) in [6.07, 6.45) is 7.84. The van der Waals surface area contributed by atoms with E-state index in [9.17, 15) is 0 Å². The van der Waals surface area contributed by atoms with Crippen LogP contribution in [0, 0.1) is 5.92 Å². The van der Waals surface area contributed by atoms with Gasteiger partial charge in [0.2, 0.25) is 0 Å². The highest BCUT2D eigenvalue weighted by Crippen LogP contribution is 2.40. The molecule has 2 atom stereocenters. The average molecular weight is 207 g/mol. The molecule has 84 valence electrons. The fourth-order valence-corrected chi connectivity index (χ4v) is 2.35. The fraction of sp³-hybridized carbons (Fsp3) is 0.750. The summed E-state index contributed by atoms with van der Waals surface area (Å²) in [5.41, 5.74) is 0. The highest BCUT2D eigenvalue weighted by molar-refractivity contribution is 5.07. The van der Waals surface area contributed by atoms with Crippen molar-refractivity contribution in [3.63, 3.8) is 0 Å². The van der Waals surface area contributed by atoms with Crippen molar-refractivity contribution in [1.29, 1.82) is 0 Å². The predicted octanol–water partition coefficient (Wildman–Crippen LogP) is 1.91. The van der Waals surface area contributed by atoms with Gasteiger partial charge in [-0.3, -0.25) is 0 Å². The second-order valence-electron chi connectivity index (χ2n) is 4.54. The number of aryl methyl sites for hydroxylation is 1. The van der Waals surface area contributed by atoms with E-state index in [0.717, 1.165) is 19.0 Å². The Hall–Kier alpha value is -0.830. The van der Waals surface area contributed by atoms with Gasteiger partial charge in [0.05, 0.1) is 0 Å². The van der Waals surface area contributed by atoms with Crippen LogP contribution in [0.5, 0.6) is 0 Å². The van der Waals surface area contributed by atoms with E-state index in [1.165, 1.54) is 25.1 Å². The van der Waals surface area contributed by atoms with Crippen LogP contribution in [0.2, 0.25) is 0 Å². The molecule has 3 heteroatoms. The highest BCUT2D eigenvalue weighted by Gasteiger charge is 2.33. The van der Waals surface area contributed by atoms with Crippen LogP contribution in [0.1, 0.15) is 37.9 Å². The first-order chi connectivity index (χ1) is 7.33. The zero-order valence-corrected chi connectivity index (χ0v) is 9.74. The first kappa shape index (κ1) is 10.7. The van der Waals surface area contributed by atoms with Gasteiger partial charge in [-0.2, -0.15) is 0 Å². The Kier molecular flexibility index (Phi) is 3.41. The van der Waals surface area contributed by atoms with Crippen LogP contribution >= 0.6 is 0 Å². The molecule has 0 amide bonds. The van der Waals surface area contributed by atoms with Crippen LogP contribution in [-0.4, -0.2) is 22.6 Å². The Morgan fingerprint density at radius 2 is 2.40 bits per heavy atom. The van der Waals surface area contributed by atoms with Crippen molar-refractivity contribution < 1.29 is 0 Å². The lowest BCUT2D eigenvalue weighted by molar-refractivity contribution is 0.233. The van der Waals surface area contributed by atoms with E-state index >= 15 is 0 Å². The lowest BCUT2D eigenvalue weighted by Crippen LogP contribution is -2.35. The minimum atomic E-state index is 0.689. The zero-order chi connectivity index (χ0) is 10.7. The fourth-order valence-electron chi connectivity index (χ4n) is 2.35. The lowest BCUT2D eigenvalue weighted by Gasteiger charge is -2.36. The second-order valence-corrected chi connectivity index (χ2v) is 4.54. The third-order valence-electron chi connectivity index (χ3n) is 3.44. The van der Waals surface area contributed by atoms with Crippen LogP contribution in [0.4, 0.5) is 0 Å². The van der Waals surface area contributed by atoms with Crippen LogP contribution < -0.4 is 5.32 Å². The molecule has 1 aliphatic carbocycles. The summed E-state index contributed by atoms with van der Waals surface area (Å²) in [6, 6.07) is 0. The number of nitrogens with one attached hydrogen (secondary N) is 1. The molecule has 15 heavy (non-hydrogen) atoms. The van der Waals surface area contributed by atoms with Gasteiger partial charge in [-0.1, -0.05) is 6.92 Å². The molecule has 3 nitrogen and oxygen atoms in total. The van der Waals surface area contributed by atoms with Gasteiger partial charge in [-0.25, -0.2) is 4.98 Å². The van der Waals surface area contributed by atoms with Crippen LogP contribution in [0.3, 0.4) is 0 Å². The summed E-state index contributed by atoms with van der Waals surface area (Å²) in [5.74, 6) is 2.76. The molecular weight excluding hydrogens is 186 g/mol. The molecule has 1 N–H and O–H groups in total. The van der Waals surface area contributed by atoms with E-state index in [4.69, 9.17) is 0 Å². The molecule has 2 unspecified atom stereocenters. The Bertz CT molecular complexity index is 306. The maximum Gasteiger partial charge on any atom is 0.111 e. The first-order valence-corrected chi connectivity index (χ1v) is 6.01. The monoisotopic (exact) mass is 207 g/mol. The Balaban J connectivity index is 1.87. The molecule has 2 rings (SSSR count). The summed E-state index contributed by atoms with van der Waals surface area (Å²) in [4.78, 5) is 4.45. The highest BCUT2D eigenvalue weighted by atomic mass is 15.0. The van der Waals surface area contributed by atoms with Gasteiger partial charge in [0.25, 0.3) is 0 Å². The predicted molar refractivity (Wildman–Crippen MR) is 61.8 cm³/mol. The molecule has 1 aromatic heterocycles. The topological polar surface area (TPSA) is 29.9 Å². The molecule has 1 saturated carbocycles. The maximum absolute atomic E-state index is 4.45. The number of nitrogens with zero attached hydrogens (tertiary/aromatic N) is 2. The maximum atomic E-state index is 4.45. The van der Waals surface area contributed by atoms with E-state index in [2.05, 4.69) is 28.8 Å². The van der Waals surface area contributed by atoms with Gasteiger partial charge in [0, 0.05) is 25.4 Å². The molecule has 1 aliphatic rings. The summed E-state index contributed by atoms with van der Waals surface area (Å²) in [5, 5.41) is 3.51. The van der Waals surface area contributed by atoms with Crippen LogP contribution in [0.25, 0.3) is 0 Å². The number of hydrogen-bond donors (Lipinski definition) is 1. The number of hydrogen-bond acceptors (Lipinski definition) is 2. The van der Waals surface area contributed by atoms with Crippen molar-refractivity contribution in [3.05, 3.63) is 18.2 Å². The molecular formula is C12H21N3. The molecule has 0 bridgehead atoms. The van der Waals surface area contributed by atoms with Crippen LogP contribution in [0.15, 0.2) is 12.4 Å². The van der Waals surface area contributed by atoms with Gasteiger partial charge in [0.1, 0.15) is 5.82 Å². The van der Waals surface area contributed by atoms with Crippen molar-refractivity contribution in [2.24, 2.45) is 13.0 Å². The minimum Gasteiger partial charge on any atom is -0.338 e. The summed E-state index contributed by atoms with van der Waals surface area (Å²) >= 11 is 0. The molecule has 1 heterocycles. The van der Waals surface area contributed by atoms with Crippen LogP contribution in [-0.2, 0) is 7.05 Å². The normalized spacial score (nSPS) is 25.2. The molecule has 0 spiro atoms. The molecule has 0 aromatic carbocycles. The molecule has 1 aromatic rings. The average Bonchev–Trinajstić information content (AvgIpc) is 2.58. The Morgan fingerprint density at radius 3 is 2.93 bits per heavy atom. The van der Waals surface area contributed by atoms with Gasteiger partial charge >= 0.3 is 0 Å². The van der Waals surface area contributed by atoms with Crippen molar-refractivity contribution in [2.45, 2.75) is 32.1 Å². The first-order valence-electron chi connectivity index (χ1n) is 6.01. The Morgan fingerprint density at radius 1 is 1.53 bits per heavy atom. The summed E-state index contributed by atoms with van der Waals surface area (Å²) < 4.78 is 2.16. The molecule has 0 radical (unpaired) electrons. The molecule has 0 saturated heterocycles. The van der Waals surface area contributed by atoms with E-state index in [0.29, 0.717) is 5.92 Å². The lowest BCUT2D eigenvalue weighted by atomic mass is 9.73. The minimum absolute atomic E-state index is 0.689. The van der Waals surface area contributed by atoms with Crippen molar-refractivity contribution >= 4 is 0 Å². The van der Waals surface area contributed by atoms with Crippen molar-refractivity contribution in [3.8, 4) is 0 Å². The quantitative estimate of drug-likeness (QED) is 0.747. The van der Waals surface area contributed by atoms with E-state index < -0.39 is 0 Å². The van der Waals surface area contributed by atoms with Gasteiger partial charge in [0.15, 0.2) is 0 Å². The van der Waals surface area contributed by atoms with Gasteiger partial charge in [-0.15, -0.1) is 0 Å². The number of rotatable bonds is 5. The zero-order valence-electron chi connectivity index (χ0n) is 9.74. The van der Waals surface area contributed by atoms with Crippen molar-refractivity contribution in [2.75, 3.05) is 13.1 Å². The van der Waals surface area contributed by atoms with E-state index in [-0.39, 0.29) is 0 Å². The van der Waals surface area contributed by atoms with Gasteiger partial charge in [-0.05, 0) is 38.3 Å². The standard InChI is InChI=1S/C12H21N3/c1-3-6-13-9-10-4-5-11(10)12-14-7-8-15(12)2/h7-8,10-11,13H,3-6,9H2,1-2H3. The smallest absolute Gasteiger partial charge is 0.111 e.